The molecule has 32 heavy (non-hydrogen) atoms. The highest BCUT2D eigenvalue weighted by molar-refractivity contribution is 7.89. The van der Waals surface area contributed by atoms with Crippen molar-refractivity contribution in [1.29, 1.82) is 0 Å². The summed E-state index contributed by atoms with van der Waals surface area (Å²) in [7, 11) is -2.39. The molecule has 1 atom stereocenters. The van der Waals surface area contributed by atoms with Gasteiger partial charge in [0.15, 0.2) is 0 Å². The van der Waals surface area contributed by atoms with E-state index in [0.29, 0.717) is 13.1 Å². The van der Waals surface area contributed by atoms with Gasteiger partial charge in [-0.1, -0.05) is 42.8 Å². The summed E-state index contributed by atoms with van der Waals surface area (Å²) in [6.07, 6.45) is 2.73. The molecule has 1 fully saturated rings. The Balaban J connectivity index is 1.86. The van der Waals surface area contributed by atoms with Crippen LogP contribution in [0.1, 0.15) is 48.5 Å². The van der Waals surface area contributed by atoms with Crippen LogP contribution >= 0.6 is 0 Å². The molecule has 8 heteroatoms. The van der Waals surface area contributed by atoms with Crippen molar-refractivity contribution in [2.24, 2.45) is 0 Å². The van der Waals surface area contributed by atoms with E-state index in [0.717, 1.165) is 24.8 Å². The molecule has 0 aromatic heterocycles. The Hall–Kier alpha value is -2.71. The fourth-order valence-electron chi connectivity index (χ4n) is 3.92. The highest BCUT2D eigenvalue weighted by Crippen LogP contribution is 2.26. The third-order valence-electron chi connectivity index (χ3n) is 5.75. The molecule has 7 nitrogen and oxygen atoms in total. The minimum absolute atomic E-state index is 0.0539. The van der Waals surface area contributed by atoms with Crippen LogP contribution < -0.4 is 0 Å². The van der Waals surface area contributed by atoms with Crippen LogP contribution in [-0.2, 0) is 26.1 Å². The van der Waals surface area contributed by atoms with Gasteiger partial charge in [0.05, 0.1) is 18.4 Å². The zero-order chi connectivity index (χ0) is 23.1. The molecule has 1 aliphatic rings. The van der Waals surface area contributed by atoms with Crippen molar-refractivity contribution >= 4 is 21.9 Å². The lowest BCUT2D eigenvalue weighted by Crippen LogP contribution is -2.42. The number of ether oxygens (including phenoxy) is 1. The summed E-state index contributed by atoms with van der Waals surface area (Å²) in [6, 6.07) is 15.6. The van der Waals surface area contributed by atoms with Crippen molar-refractivity contribution in [3.05, 3.63) is 65.7 Å². The first-order valence-electron chi connectivity index (χ1n) is 10.8. The SMILES string of the molecule is COC(=O)CCN(Cc1ccccc1)C(=O)c1cccc(S(=O)(=O)N2CCCCC2C)c1. The molecule has 0 N–H and O–H groups in total. The Morgan fingerprint density at radius 3 is 2.53 bits per heavy atom. The number of piperidine rings is 1. The molecule has 2 aromatic carbocycles. The lowest BCUT2D eigenvalue weighted by molar-refractivity contribution is -0.140. The molecule has 0 spiro atoms. The van der Waals surface area contributed by atoms with Crippen LogP contribution in [0.15, 0.2) is 59.5 Å². The Bertz CT molecular complexity index is 1040. The summed E-state index contributed by atoms with van der Waals surface area (Å²) in [5.41, 5.74) is 1.19. The fraction of sp³-hybridized carbons (Fsp3) is 0.417. The van der Waals surface area contributed by atoms with E-state index in [1.807, 2.05) is 37.3 Å². The number of esters is 1. The van der Waals surface area contributed by atoms with Gasteiger partial charge < -0.3 is 9.64 Å². The summed E-state index contributed by atoms with van der Waals surface area (Å²) >= 11 is 0. The van der Waals surface area contributed by atoms with Crippen molar-refractivity contribution in [3.63, 3.8) is 0 Å². The summed E-state index contributed by atoms with van der Waals surface area (Å²) in [4.78, 5) is 26.7. The lowest BCUT2D eigenvalue weighted by atomic mass is 10.1. The van der Waals surface area contributed by atoms with Crippen LogP contribution in [0.3, 0.4) is 0 Å². The van der Waals surface area contributed by atoms with Crippen LogP contribution in [0, 0.1) is 0 Å². The van der Waals surface area contributed by atoms with E-state index in [9.17, 15) is 18.0 Å². The Kier molecular flexibility index (Phi) is 8.04. The predicted octanol–water partition coefficient (Wildman–Crippen LogP) is 3.46. The van der Waals surface area contributed by atoms with Crippen LogP contribution in [-0.4, -0.2) is 55.7 Å². The van der Waals surface area contributed by atoms with Gasteiger partial charge in [0.1, 0.15) is 0 Å². The number of nitrogens with zero attached hydrogens (tertiary/aromatic N) is 2. The molecule has 0 saturated carbocycles. The summed E-state index contributed by atoms with van der Waals surface area (Å²) in [5, 5.41) is 0. The smallest absolute Gasteiger partial charge is 0.307 e. The zero-order valence-corrected chi connectivity index (χ0v) is 19.4. The van der Waals surface area contributed by atoms with Gasteiger partial charge in [0, 0.05) is 31.2 Å². The van der Waals surface area contributed by atoms with E-state index < -0.39 is 16.0 Å². The van der Waals surface area contributed by atoms with Crippen LogP contribution in [0.4, 0.5) is 0 Å². The maximum Gasteiger partial charge on any atom is 0.307 e. The van der Waals surface area contributed by atoms with Gasteiger partial charge in [-0.2, -0.15) is 4.31 Å². The normalized spacial score (nSPS) is 17.0. The van der Waals surface area contributed by atoms with Crippen molar-refractivity contribution in [3.8, 4) is 0 Å². The minimum Gasteiger partial charge on any atom is -0.469 e. The van der Waals surface area contributed by atoms with E-state index in [1.165, 1.54) is 23.5 Å². The second kappa shape index (κ2) is 10.7. The molecule has 0 bridgehead atoms. The van der Waals surface area contributed by atoms with E-state index in [4.69, 9.17) is 4.74 Å². The number of carbonyl (C=O) groups excluding carboxylic acids is 2. The quantitative estimate of drug-likeness (QED) is 0.566. The molecule has 1 amide bonds. The molecule has 3 rings (SSSR count). The van der Waals surface area contributed by atoms with Crippen LogP contribution in [0.25, 0.3) is 0 Å². The second-order valence-electron chi connectivity index (χ2n) is 8.03. The monoisotopic (exact) mass is 458 g/mol. The molecular formula is C24H30N2O5S. The molecule has 1 heterocycles. The Morgan fingerprint density at radius 1 is 1.09 bits per heavy atom. The first-order chi connectivity index (χ1) is 15.3. The van der Waals surface area contributed by atoms with Crippen molar-refractivity contribution < 1.29 is 22.7 Å². The van der Waals surface area contributed by atoms with E-state index >= 15 is 0 Å². The fourth-order valence-corrected chi connectivity index (χ4v) is 5.67. The topological polar surface area (TPSA) is 84.0 Å². The van der Waals surface area contributed by atoms with Gasteiger partial charge in [-0.15, -0.1) is 0 Å². The van der Waals surface area contributed by atoms with Gasteiger partial charge in [0.2, 0.25) is 10.0 Å². The van der Waals surface area contributed by atoms with Crippen LogP contribution in [0.2, 0.25) is 0 Å². The standard InChI is InChI=1S/C24H30N2O5S/c1-19-9-6-7-15-26(19)32(29,30)22-13-8-12-21(17-22)24(28)25(16-14-23(27)31-2)18-20-10-4-3-5-11-20/h3-5,8,10-13,17,19H,6-7,9,14-16,18H2,1-2H3. The van der Waals surface area contributed by atoms with Crippen molar-refractivity contribution in [2.75, 3.05) is 20.2 Å². The number of methoxy groups -OCH3 is 1. The molecular weight excluding hydrogens is 428 g/mol. The van der Waals surface area contributed by atoms with Crippen molar-refractivity contribution in [1.82, 2.24) is 9.21 Å². The molecule has 172 valence electrons. The first kappa shape index (κ1) is 23.9. The third-order valence-corrected chi connectivity index (χ3v) is 7.76. The number of carbonyl (C=O) groups is 2. The summed E-state index contributed by atoms with van der Waals surface area (Å²) in [6.45, 7) is 2.87. The average molecular weight is 459 g/mol. The lowest BCUT2D eigenvalue weighted by Gasteiger charge is -2.32. The summed E-state index contributed by atoms with van der Waals surface area (Å²) < 4.78 is 32.7. The molecule has 1 saturated heterocycles. The molecule has 1 aliphatic heterocycles. The first-order valence-corrected chi connectivity index (χ1v) is 12.3. The van der Waals surface area contributed by atoms with Gasteiger partial charge in [-0.3, -0.25) is 9.59 Å². The highest BCUT2D eigenvalue weighted by Gasteiger charge is 2.31. The van der Waals surface area contributed by atoms with Crippen molar-refractivity contribution in [2.45, 2.75) is 50.1 Å². The molecule has 0 radical (unpaired) electrons. The number of sulfonamides is 1. The zero-order valence-electron chi connectivity index (χ0n) is 18.6. The van der Waals surface area contributed by atoms with E-state index in [2.05, 4.69) is 0 Å². The number of hydrogen-bond acceptors (Lipinski definition) is 5. The Labute approximate surface area is 190 Å². The van der Waals surface area contributed by atoms with Gasteiger partial charge in [-0.25, -0.2) is 8.42 Å². The molecule has 1 unspecified atom stereocenters. The average Bonchev–Trinajstić information content (AvgIpc) is 2.82. The van der Waals surface area contributed by atoms with Gasteiger partial charge in [-0.05, 0) is 43.5 Å². The largest absolute Gasteiger partial charge is 0.469 e. The minimum atomic E-state index is -3.69. The van der Waals surface area contributed by atoms with E-state index in [1.54, 1.807) is 17.0 Å². The Morgan fingerprint density at radius 2 is 1.84 bits per heavy atom. The number of rotatable bonds is 8. The van der Waals surface area contributed by atoms with Gasteiger partial charge >= 0.3 is 5.97 Å². The van der Waals surface area contributed by atoms with Crippen LogP contribution in [0.5, 0.6) is 0 Å². The number of hydrogen-bond donors (Lipinski definition) is 0. The second-order valence-corrected chi connectivity index (χ2v) is 9.92. The number of amides is 1. The summed E-state index contributed by atoms with van der Waals surface area (Å²) in [5.74, 6) is -0.743. The maximum absolute atomic E-state index is 13.3. The van der Waals surface area contributed by atoms with Gasteiger partial charge in [0.25, 0.3) is 5.91 Å². The van der Waals surface area contributed by atoms with E-state index in [-0.39, 0.29) is 35.4 Å². The number of benzene rings is 2. The molecule has 0 aliphatic carbocycles. The predicted molar refractivity (Wildman–Crippen MR) is 121 cm³/mol. The third kappa shape index (κ3) is 5.75. The maximum atomic E-state index is 13.3. The molecule has 2 aromatic rings. The highest BCUT2D eigenvalue weighted by atomic mass is 32.2.